The maximum absolute atomic E-state index is 12.6. The highest BCUT2D eigenvalue weighted by Crippen LogP contribution is 2.25. The van der Waals surface area contributed by atoms with Crippen molar-refractivity contribution in [2.75, 3.05) is 18.4 Å². The number of pyridine rings is 1. The second-order valence-electron chi connectivity index (χ2n) is 8.03. The lowest BCUT2D eigenvalue weighted by atomic mass is 10.2. The number of anilines is 1. The summed E-state index contributed by atoms with van der Waals surface area (Å²) in [5.74, 6) is 0.756. The second-order valence-corrected chi connectivity index (χ2v) is 8.03. The molecule has 0 aromatic carbocycles. The summed E-state index contributed by atoms with van der Waals surface area (Å²) in [6.45, 7) is 1.41. The van der Waals surface area contributed by atoms with E-state index in [4.69, 9.17) is 9.84 Å². The molecule has 8 heteroatoms. The number of fused-ring (bicyclic) bond motifs is 1. The van der Waals surface area contributed by atoms with Gasteiger partial charge in [-0.25, -0.2) is 14.3 Å². The van der Waals surface area contributed by atoms with Crippen molar-refractivity contribution in [3.8, 4) is 11.3 Å². The van der Waals surface area contributed by atoms with Crippen LogP contribution in [-0.4, -0.2) is 55.8 Å². The van der Waals surface area contributed by atoms with E-state index in [0.717, 1.165) is 67.8 Å². The number of carbonyl (C=O) groups excluding carboxylic acids is 1. The van der Waals surface area contributed by atoms with Crippen LogP contribution in [0.2, 0.25) is 0 Å². The Morgan fingerprint density at radius 2 is 1.93 bits per heavy atom. The van der Waals surface area contributed by atoms with Gasteiger partial charge in [-0.1, -0.05) is 0 Å². The molecule has 1 saturated heterocycles. The van der Waals surface area contributed by atoms with E-state index < -0.39 is 0 Å². The summed E-state index contributed by atoms with van der Waals surface area (Å²) in [7, 11) is 0. The molecule has 0 radical (unpaired) electrons. The minimum Gasteiger partial charge on any atom is -0.446 e. The average molecular weight is 406 g/mol. The van der Waals surface area contributed by atoms with E-state index in [0.29, 0.717) is 6.54 Å². The fraction of sp³-hybridized carbons (Fsp3) is 0.455. The topological polar surface area (TPSA) is 84.6 Å². The SMILES string of the molecule is O=C(OC1CCCC1)N1CCC[C@H]1CNc1ccc2ncc(-c3ccncc3)n2n1. The maximum atomic E-state index is 12.6. The molecule has 0 bridgehead atoms. The molecule has 8 nitrogen and oxygen atoms in total. The third kappa shape index (κ3) is 3.81. The molecule has 1 saturated carbocycles. The highest BCUT2D eigenvalue weighted by atomic mass is 16.6. The van der Waals surface area contributed by atoms with E-state index in [9.17, 15) is 4.79 Å². The lowest BCUT2D eigenvalue weighted by molar-refractivity contribution is 0.0633. The number of hydrogen-bond acceptors (Lipinski definition) is 6. The van der Waals surface area contributed by atoms with Crippen molar-refractivity contribution in [3.63, 3.8) is 0 Å². The van der Waals surface area contributed by atoms with Gasteiger partial charge < -0.3 is 15.0 Å². The van der Waals surface area contributed by atoms with Gasteiger partial charge in [0.2, 0.25) is 0 Å². The molecule has 0 unspecified atom stereocenters. The van der Waals surface area contributed by atoms with Gasteiger partial charge in [0.1, 0.15) is 11.9 Å². The van der Waals surface area contributed by atoms with E-state index in [1.165, 1.54) is 0 Å². The number of ether oxygens (including phenoxy) is 1. The summed E-state index contributed by atoms with van der Waals surface area (Å²) in [6, 6.07) is 7.88. The molecule has 5 rings (SSSR count). The van der Waals surface area contributed by atoms with Crippen LogP contribution >= 0.6 is 0 Å². The Hall–Kier alpha value is -3.16. The molecule has 1 aliphatic heterocycles. The summed E-state index contributed by atoms with van der Waals surface area (Å²) >= 11 is 0. The first-order chi connectivity index (χ1) is 14.8. The maximum Gasteiger partial charge on any atom is 0.410 e. The first-order valence-corrected chi connectivity index (χ1v) is 10.7. The zero-order chi connectivity index (χ0) is 20.3. The zero-order valence-electron chi connectivity index (χ0n) is 16.9. The summed E-state index contributed by atoms with van der Waals surface area (Å²) in [4.78, 5) is 23.0. The number of likely N-dealkylation sites (tertiary alicyclic amines) is 1. The van der Waals surface area contributed by atoms with E-state index in [1.807, 2.05) is 39.9 Å². The molecule has 2 aliphatic rings. The molecule has 2 fully saturated rings. The average Bonchev–Trinajstić information content (AvgIpc) is 3.53. The lowest BCUT2D eigenvalue weighted by Crippen LogP contribution is -2.41. The first-order valence-electron chi connectivity index (χ1n) is 10.7. The monoisotopic (exact) mass is 406 g/mol. The Balaban J connectivity index is 1.27. The fourth-order valence-corrected chi connectivity index (χ4v) is 4.41. The van der Waals surface area contributed by atoms with Gasteiger partial charge in [-0.2, -0.15) is 0 Å². The van der Waals surface area contributed by atoms with Crippen LogP contribution in [0.5, 0.6) is 0 Å². The van der Waals surface area contributed by atoms with Gasteiger partial charge >= 0.3 is 6.09 Å². The van der Waals surface area contributed by atoms with Crippen LogP contribution in [-0.2, 0) is 4.74 Å². The van der Waals surface area contributed by atoms with Crippen molar-refractivity contribution in [2.24, 2.45) is 0 Å². The summed E-state index contributed by atoms with van der Waals surface area (Å²) in [5.41, 5.74) is 2.72. The Morgan fingerprint density at radius 1 is 1.10 bits per heavy atom. The van der Waals surface area contributed by atoms with Gasteiger partial charge in [0.05, 0.1) is 17.9 Å². The van der Waals surface area contributed by atoms with Crippen molar-refractivity contribution in [1.82, 2.24) is 24.5 Å². The van der Waals surface area contributed by atoms with E-state index in [2.05, 4.69) is 15.3 Å². The standard InChI is InChI=1S/C22H26N6O2/c29-22(30-18-5-1-2-6-18)27-13-3-4-17(27)14-24-20-7-8-21-25-15-19(28(21)26-20)16-9-11-23-12-10-16/h7-12,15,17-18H,1-6,13-14H2,(H,24,26)/t17-/m0/s1. The highest BCUT2D eigenvalue weighted by molar-refractivity contribution is 5.69. The number of nitrogens with one attached hydrogen (secondary N) is 1. The molecular weight excluding hydrogens is 380 g/mol. The molecule has 3 aromatic heterocycles. The Morgan fingerprint density at radius 3 is 2.77 bits per heavy atom. The molecule has 0 spiro atoms. The van der Waals surface area contributed by atoms with Gasteiger partial charge in [0.25, 0.3) is 0 Å². The number of aromatic nitrogens is 4. The fourth-order valence-electron chi connectivity index (χ4n) is 4.41. The van der Waals surface area contributed by atoms with Crippen molar-refractivity contribution < 1.29 is 9.53 Å². The van der Waals surface area contributed by atoms with Crippen molar-refractivity contribution >= 4 is 17.6 Å². The number of hydrogen-bond donors (Lipinski definition) is 1. The molecule has 1 aliphatic carbocycles. The summed E-state index contributed by atoms with van der Waals surface area (Å²) in [6.07, 6.45) is 11.6. The van der Waals surface area contributed by atoms with Gasteiger partial charge in [0, 0.05) is 31.0 Å². The number of nitrogens with zero attached hydrogens (tertiary/aromatic N) is 5. The van der Waals surface area contributed by atoms with Crippen LogP contribution in [0.4, 0.5) is 10.6 Å². The van der Waals surface area contributed by atoms with Gasteiger partial charge in [-0.3, -0.25) is 4.98 Å². The third-order valence-electron chi connectivity index (χ3n) is 6.04. The van der Waals surface area contributed by atoms with Crippen LogP contribution in [0.15, 0.2) is 42.9 Å². The van der Waals surface area contributed by atoms with Crippen LogP contribution < -0.4 is 5.32 Å². The van der Waals surface area contributed by atoms with E-state index >= 15 is 0 Å². The minimum atomic E-state index is -0.163. The van der Waals surface area contributed by atoms with Crippen molar-refractivity contribution in [2.45, 2.75) is 50.7 Å². The second kappa shape index (κ2) is 8.30. The predicted octanol–water partition coefficient (Wildman–Crippen LogP) is 3.75. The summed E-state index contributed by atoms with van der Waals surface area (Å²) < 4.78 is 7.55. The molecule has 4 heterocycles. The number of imidazole rings is 1. The number of carbonyl (C=O) groups is 1. The predicted molar refractivity (Wildman–Crippen MR) is 113 cm³/mol. The first kappa shape index (κ1) is 18.8. The molecule has 1 amide bonds. The van der Waals surface area contributed by atoms with Gasteiger partial charge in [0.15, 0.2) is 5.65 Å². The van der Waals surface area contributed by atoms with Crippen LogP contribution in [0.3, 0.4) is 0 Å². The van der Waals surface area contributed by atoms with Crippen molar-refractivity contribution in [3.05, 3.63) is 42.9 Å². The highest BCUT2D eigenvalue weighted by Gasteiger charge is 2.31. The van der Waals surface area contributed by atoms with E-state index in [1.54, 1.807) is 12.4 Å². The third-order valence-corrected chi connectivity index (χ3v) is 6.04. The van der Waals surface area contributed by atoms with Crippen molar-refractivity contribution in [1.29, 1.82) is 0 Å². The minimum absolute atomic E-state index is 0.101. The normalized spacial score (nSPS) is 19.5. The van der Waals surface area contributed by atoms with Crippen LogP contribution in [0, 0.1) is 0 Å². The molecule has 156 valence electrons. The molecule has 30 heavy (non-hydrogen) atoms. The van der Waals surface area contributed by atoms with Gasteiger partial charge in [-0.05, 0) is 62.8 Å². The number of rotatable bonds is 5. The smallest absolute Gasteiger partial charge is 0.410 e. The molecule has 3 aromatic rings. The molecule has 1 N–H and O–H groups in total. The van der Waals surface area contributed by atoms with Crippen LogP contribution in [0.25, 0.3) is 16.9 Å². The zero-order valence-corrected chi connectivity index (χ0v) is 16.9. The van der Waals surface area contributed by atoms with Gasteiger partial charge in [-0.15, -0.1) is 5.10 Å². The Labute approximate surface area is 175 Å². The molecular formula is C22H26N6O2. The molecule has 1 atom stereocenters. The summed E-state index contributed by atoms with van der Waals surface area (Å²) in [5, 5.41) is 8.12. The largest absolute Gasteiger partial charge is 0.446 e. The Bertz CT molecular complexity index is 1010. The van der Waals surface area contributed by atoms with E-state index in [-0.39, 0.29) is 18.2 Å². The lowest BCUT2D eigenvalue weighted by Gasteiger charge is -2.26. The Kier molecular flexibility index (Phi) is 5.21. The quantitative estimate of drug-likeness (QED) is 0.695. The number of amides is 1. The van der Waals surface area contributed by atoms with Crippen LogP contribution in [0.1, 0.15) is 38.5 Å².